The van der Waals surface area contributed by atoms with Crippen molar-refractivity contribution in [3.8, 4) is 28.2 Å². The molecule has 3 amide bonds. The second kappa shape index (κ2) is 17.6. The molecule has 2 aliphatic heterocycles. The van der Waals surface area contributed by atoms with E-state index in [0.717, 1.165) is 55.8 Å². The van der Waals surface area contributed by atoms with Crippen LogP contribution in [0.4, 0.5) is 17.1 Å². The Balaban J connectivity index is 1.44. The van der Waals surface area contributed by atoms with E-state index in [9.17, 15) is 32.1 Å². The number of imide groups is 1. The predicted molar refractivity (Wildman–Crippen MR) is 218 cm³/mol. The van der Waals surface area contributed by atoms with Crippen molar-refractivity contribution in [1.82, 2.24) is 15.0 Å². The molecule has 17 heteroatoms. The number of hydrogen-bond acceptors (Lipinski definition) is 12. The molecule has 0 spiro atoms. The summed E-state index contributed by atoms with van der Waals surface area (Å²) in [4.78, 5) is 61.0. The third-order valence-electron chi connectivity index (χ3n) is 9.80. The summed E-state index contributed by atoms with van der Waals surface area (Å²) >= 11 is 0. The zero-order valence-electron chi connectivity index (χ0n) is 33.6. The van der Waals surface area contributed by atoms with Crippen molar-refractivity contribution < 1.29 is 46.1 Å². The maximum Gasteiger partial charge on any atom is 0.355 e. The van der Waals surface area contributed by atoms with Crippen molar-refractivity contribution >= 4 is 61.8 Å². The standard InChI is InChI=1S/C40H50N6O10S/c1-9-45(19-10-11-36(47)41-30(18-20-57(51,52)53)40(50)56-46-37(48)16-17-38(46)49)32-24-33(54-8)29(23-31(32)44(6)7)39-27-14-12-25(42(2)3)21-34(27)55-35-22-26(43(4)5)13-15-28(35)39/h12-15,21-24,30H,9-11,16-20H2,1-8H3,(H-,41,47,51,52,53)/p+1. The van der Waals surface area contributed by atoms with E-state index in [1.54, 1.807) is 7.11 Å². The molecule has 306 valence electrons. The summed E-state index contributed by atoms with van der Waals surface area (Å²) in [6, 6.07) is 14.8. The number of methoxy groups -OCH3 is 1. The summed E-state index contributed by atoms with van der Waals surface area (Å²) in [6.45, 7) is 2.98. The molecule has 2 aromatic rings. The number of carbonyl (C=O) groups excluding carboxylic acids is 4. The van der Waals surface area contributed by atoms with Crippen LogP contribution in [0.1, 0.15) is 39.0 Å². The topological polar surface area (TPSA) is 182 Å². The largest absolute Gasteiger partial charge is 0.496 e. The van der Waals surface area contributed by atoms with E-state index < -0.39 is 52.0 Å². The fourth-order valence-electron chi connectivity index (χ4n) is 6.72. The number of amides is 3. The summed E-state index contributed by atoms with van der Waals surface area (Å²) in [5, 5.41) is 4.67. The predicted octanol–water partition coefficient (Wildman–Crippen LogP) is 3.35. The Bertz CT molecular complexity index is 2320. The van der Waals surface area contributed by atoms with Crippen molar-refractivity contribution in [2.24, 2.45) is 0 Å². The average Bonchev–Trinajstić information content (AvgIpc) is 3.47. The Labute approximate surface area is 332 Å². The van der Waals surface area contributed by atoms with Crippen LogP contribution in [0.25, 0.3) is 33.4 Å². The van der Waals surface area contributed by atoms with Gasteiger partial charge in [-0.25, -0.2) is 9.37 Å². The van der Waals surface area contributed by atoms with Crippen molar-refractivity contribution in [2.45, 2.75) is 45.1 Å². The highest BCUT2D eigenvalue weighted by Gasteiger charge is 2.36. The summed E-state index contributed by atoms with van der Waals surface area (Å²) in [6.07, 6.45) is -0.545. The highest BCUT2D eigenvalue weighted by Crippen LogP contribution is 2.47. The number of nitrogens with one attached hydrogen (secondary N) is 1. The van der Waals surface area contributed by atoms with E-state index in [4.69, 9.17) is 14.0 Å². The molecule has 2 aromatic carbocycles. The lowest BCUT2D eigenvalue weighted by atomic mass is 9.92. The lowest BCUT2D eigenvalue weighted by Gasteiger charge is -2.30. The first-order chi connectivity index (χ1) is 26.9. The molecule has 0 aromatic heterocycles. The molecule has 1 saturated heterocycles. The molecule has 0 radical (unpaired) electrons. The minimum atomic E-state index is -4.50. The fourth-order valence-corrected chi connectivity index (χ4v) is 7.25. The van der Waals surface area contributed by atoms with Gasteiger partial charge in [-0.1, -0.05) is 0 Å². The van der Waals surface area contributed by atoms with Crippen LogP contribution in [0.3, 0.4) is 0 Å². The minimum absolute atomic E-state index is 0.0599. The number of nitrogens with zero attached hydrogens (tertiary/aromatic N) is 5. The fraction of sp³-hybridized carbons (Fsp3) is 0.425. The van der Waals surface area contributed by atoms with Gasteiger partial charge in [-0.15, -0.1) is 5.06 Å². The molecular weight excluding hydrogens is 757 g/mol. The minimum Gasteiger partial charge on any atom is -0.496 e. The molecule has 16 nitrogen and oxygen atoms in total. The molecule has 2 N–H and O–H groups in total. The molecule has 57 heavy (non-hydrogen) atoms. The van der Waals surface area contributed by atoms with Crippen LogP contribution in [-0.2, 0) is 34.1 Å². The highest BCUT2D eigenvalue weighted by atomic mass is 32.2. The number of ether oxygens (including phenoxy) is 1. The third kappa shape index (κ3) is 9.83. The normalized spacial score (nSPS) is 13.5. The van der Waals surface area contributed by atoms with Gasteiger partial charge in [-0.05, 0) is 44.0 Å². The van der Waals surface area contributed by atoms with Crippen molar-refractivity contribution in [2.75, 3.05) is 82.9 Å². The first-order valence-corrected chi connectivity index (χ1v) is 20.2. The number of rotatable bonds is 16. The van der Waals surface area contributed by atoms with Gasteiger partial charge in [0.05, 0.1) is 30.3 Å². The van der Waals surface area contributed by atoms with E-state index in [0.29, 0.717) is 30.3 Å². The smallest absolute Gasteiger partial charge is 0.355 e. The number of fused-ring (bicyclic) bond motifs is 2. The van der Waals surface area contributed by atoms with Gasteiger partial charge in [0.2, 0.25) is 11.3 Å². The van der Waals surface area contributed by atoms with E-state index in [2.05, 4.69) is 40.5 Å². The molecule has 1 fully saturated rings. The number of hydrogen-bond donors (Lipinski definition) is 2. The Morgan fingerprint density at radius 3 is 2.26 bits per heavy atom. The van der Waals surface area contributed by atoms with Gasteiger partial charge in [0, 0.05) is 107 Å². The zero-order chi connectivity index (χ0) is 41.8. The molecular formula is C40H51N6O10S+. The monoisotopic (exact) mass is 807 g/mol. The average molecular weight is 808 g/mol. The van der Waals surface area contributed by atoms with Gasteiger partial charge in [0.25, 0.3) is 21.9 Å². The van der Waals surface area contributed by atoms with E-state index in [1.165, 1.54) is 0 Å². The Hall–Kier alpha value is -5.68. The molecule has 3 aliphatic rings. The molecule has 0 saturated carbocycles. The van der Waals surface area contributed by atoms with Crippen LogP contribution in [0.15, 0.2) is 52.9 Å². The third-order valence-corrected chi connectivity index (χ3v) is 10.5. The van der Waals surface area contributed by atoms with Gasteiger partial charge in [-0.2, -0.15) is 8.42 Å². The van der Waals surface area contributed by atoms with E-state index in [1.807, 2.05) is 81.8 Å². The summed E-state index contributed by atoms with van der Waals surface area (Å²) in [7, 11) is 8.96. The SMILES string of the molecule is CCN(CCCC(=O)NC(CCS(=O)(=O)O)C(=O)ON1C(=O)CCC1=O)c1cc(OC)c(-c2c3ccc(=[N+](C)C)cc-3oc3cc(N(C)C)ccc23)cc1N(C)C. The summed E-state index contributed by atoms with van der Waals surface area (Å²) < 4.78 is 46.9. The van der Waals surface area contributed by atoms with Crippen LogP contribution in [0.2, 0.25) is 0 Å². The van der Waals surface area contributed by atoms with Crippen LogP contribution >= 0.6 is 0 Å². The number of carbonyl (C=O) groups is 4. The molecule has 1 aliphatic carbocycles. The number of anilines is 3. The maximum absolute atomic E-state index is 13.1. The summed E-state index contributed by atoms with van der Waals surface area (Å²) in [5.41, 5.74) is 6.20. The zero-order valence-corrected chi connectivity index (χ0v) is 34.4. The van der Waals surface area contributed by atoms with E-state index >= 15 is 0 Å². The van der Waals surface area contributed by atoms with Crippen LogP contribution in [0, 0.1) is 0 Å². The van der Waals surface area contributed by atoms with Crippen LogP contribution < -0.4 is 34.7 Å². The van der Waals surface area contributed by atoms with Gasteiger partial charge < -0.3 is 34.0 Å². The Morgan fingerprint density at radius 2 is 1.67 bits per heavy atom. The molecule has 5 rings (SSSR count). The first-order valence-electron chi connectivity index (χ1n) is 18.6. The lowest BCUT2D eigenvalue weighted by Crippen LogP contribution is -2.46. The number of benzene rings is 3. The van der Waals surface area contributed by atoms with Gasteiger partial charge in [0.15, 0.2) is 0 Å². The van der Waals surface area contributed by atoms with Crippen molar-refractivity contribution in [3.63, 3.8) is 0 Å². The Morgan fingerprint density at radius 1 is 0.965 bits per heavy atom. The quantitative estimate of drug-likeness (QED) is 0.0729. The van der Waals surface area contributed by atoms with Gasteiger partial charge in [0.1, 0.15) is 37.2 Å². The van der Waals surface area contributed by atoms with Crippen LogP contribution in [-0.4, -0.2) is 116 Å². The van der Waals surface area contributed by atoms with Gasteiger partial charge >= 0.3 is 5.97 Å². The van der Waals surface area contributed by atoms with Crippen molar-refractivity contribution in [3.05, 3.63) is 53.9 Å². The highest BCUT2D eigenvalue weighted by molar-refractivity contribution is 7.85. The van der Waals surface area contributed by atoms with Crippen molar-refractivity contribution in [1.29, 1.82) is 0 Å². The first kappa shape index (κ1) is 42.5. The lowest BCUT2D eigenvalue weighted by molar-refractivity contribution is -0.199. The molecule has 0 bridgehead atoms. The number of hydroxylamine groups is 2. The second-order valence-electron chi connectivity index (χ2n) is 14.4. The van der Waals surface area contributed by atoms with E-state index in [-0.39, 0.29) is 19.3 Å². The second-order valence-corrected chi connectivity index (χ2v) is 16.0. The maximum atomic E-state index is 13.1. The molecule has 1 unspecified atom stereocenters. The Kier molecular flexibility index (Phi) is 13.1. The van der Waals surface area contributed by atoms with Crippen LogP contribution in [0.5, 0.6) is 5.75 Å². The summed E-state index contributed by atoms with van der Waals surface area (Å²) in [5.74, 6) is -2.76. The van der Waals surface area contributed by atoms with Gasteiger partial charge in [-0.3, -0.25) is 18.9 Å². The molecule has 2 heterocycles. The molecule has 1 atom stereocenters.